The van der Waals surface area contributed by atoms with Crippen molar-refractivity contribution in [2.24, 2.45) is 0 Å². The van der Waals surface area contributed by atoms with Crippen LogP contribution in [0.2, 0.25) is 0 Å². The molecule has 0 aliphatic carbocycles. The molecule has 0 amide bonds. The summed E-state index contributed by atoms with van der Waals surface area (Å²) in [7, 11) is 0. The summed E-state index contributed by atoms with van der Waals surface area (Å²) in [5.41, 5.74) is 3.70. The van der Waals surface area contributed by atoms with E-state index in [4.69, 9.17) is 12.2 Å². The molecular weight excluding hydrogens is 408 g/mol. The largest absolute Gasteiger partial charge is 0.508 e. The van der Waals surface area contributed by atoms with E-state index < -0.39 is 0 Å². The molecule has 1 fully saturated rings. The number of pyridine rings is 1. The van der Waals surface area contributed by atoms with Gasteiger partial charge in [0, 0.05) is 29.5 Å². The molecule has 2 aromatic carbocycles. The Hall–Kier alpha value is -3.84. The lowest BCUT2D eigenvalue weighted by Crippen LogP contribution is -2.30. The molecule has 0 spiro atoms. The zero-order valence-corrected chi connectivity index (χ0v) is 17.3. The minimum Gasteiger partial charge on any atom is -0.508 e. The molecule has 7 heteroatoms. The Morgan fingerprint density at radius 1 is 0.806 bits per heavy atom. The average Bonchev–Trinajstić information content (AvgIpc) is 3.40. The number of rotatable bonds is 4. The van der Waals surface area contributed by atoms with Crippen LogP contribution in [0, 0.1) is 0 Å². The van der Waals surface area contributed by atoms with E-state index >= 15 is 0 Å². The summed E-state index contributed by atoms with van der Waals surface area (Å²) in [5, 5.41) is 23.5. The number of aromatic hydroxyl groups is 2. The summed E-state index contributed by atoms with van der Waals surface area (Å²) in [4.78, 5) is 6.64. The lowest BCUT2D eigenvalue weighted by atomic mass is 10.0. The van der Waals surface area contributed by atoms with Crippen molar-refractivity contribution in [3.05, 3.63) is 103 Å². The van der Waals surface area contributed by atoms with Gasteiger partial charge in [-0.05, 0) is 85.0 Å². The van der Waals surface area contributed by atoms with Crippen LogP contribution in [0.1, 0.15) is 23.5 Å². The highest BCUT2D eigenvalue weighted by molar-refractivity contribution is 7.80. The Bertz CT molecular complexity index is 1210. The fourth-order valence-corrected chi connectivity index (χ4v) is 4.38. The first kappa shape index (κ1) is 19.1. The second-order valence-corrected chi connectivity index (χ2v) is 7.72. The van der Waals surface area contributed by atoms with Gasteiger partial charge in [0.25, 0.3) is 0 Å². The highest BCUT2D eigenvalue weighted by atomic mass is 32.1. The van der Waals surface area contributed by atoms with Gasteiger partial charge < -0.3 is 25.0 Å². The van der Waals surface area contributed by atoms with Gasteiger partial charge >= 0.3 is 0 Å². The summed E-state index contributed by atoms with van der Waals surface area (Å²) in [6, 6.07) is 23.7. The lowest BCUT2D eigenvalue weighted by molar-refractivity contribution is 0.474. The predicted octanol–water partition coefficient (Wildman–Crippen LogP) is 4.46. The van der Waals surface area contributed by atoms with Gasteiger partial charge in [0.1, 0.15) is 17.5 Å². The maximum atomic E-state index is 9.76. The van der Waals surface area contributed by atoms with Crippen LogP contribution in [0.4, 0.5) is 5.69 Å². The summed E-state index contributed by atoms with van der Waals surface area (Å²) in [6.45, 7) is 0. The summed E-state index contributed by atoms with van der Waals surface area (Å²) in [6.07, 6.45) is 3.77. The van der Waals surface area contributed by atoms with Gasteiger partial charge in [-0.15, -0.1) is 0 Å². The number of thiocarbonyl (C=S) groups is 1. The van der Waals surface area contributed by atoms with Gasteiger partial charge in [-0.25, -0.2) is 0 Å². The van der Waals surface area contributed by atoms with Crippen LogP contribution in [-0.4, -0.2) is 24.9 Å². The zero-order valence-electron chi connectivity index (χ0n) is 16.5. The van der Waals surface area contributed by atoms with Crippen LogP contribution in [-0.2, 0) is 0 Å². The Kier molecular flexibility index (Phi) is 4.80. The fourth-order valence-electron chi connectivity index (χ4n) is 4.03. The van der Waals surface area contributed by atoms with Crippen LogP contribution < -0.4 is 10.2 Å². The standard InChI is InChI=1S/C24H20N4O2S/c29-18-10-6-16(7-11-18)27-15-3-5-21(27)23-22(20-4-1-2-14-25-20)26-24(31)28(23)17-8-12-19(30)13-9-17/h1-15,22-23,29-30H,(H,26,31). The molecule has 2 atom stereocenters. The van der Waals surface area contributed by atoms with E-state index in [1.165, 1.54) is 0 Å². The van der Waals surface area contributed by atoms with Gasteiger partial charge in [-0.1, -0.05) is 6.07 Å². The SMILES string of the molecule is Oc1ccc(N2C(=S)NC(c3ccccn3)C2c2cccn2-c2ccc(O)cc2)cc1. The first-order valence-electron chi connectivity index (χ1n) is 9.88. The second-order valence-electron chi connectivity index (χ2n) is 7.33. The van der Waals surface area contributed by atoms with E-state index in [0.29, 0.717) is 5.11 Å². The van der Waals surface area contributed by atoms with Gasteiger partial charge in [-0.2, -0.15) is 0 Å². The highest BCUT2D eigenvalue weighted by Crippen LogP contribution is 2.42. The topological polar surface area (TPSA) is 73.5 Å². The number of nitrogens with zero attached hydrogens (tertiary/aromatic N) is 3. The number of hydrogen-bond donors (Lipinski definition) is 3. The van der Waals surface area contributed by atoms with Gasteiger partial charge in [-0.3, -0.25) is 4.98 Å². The molecule has 2 aromatic heterocycles. The van der Waals surface area contributed by atoms with Crippen LogP contribution in [0.15, 0.2) is 91.3 Å². The van der Waals surface area contributed by atoms with Crippen molar-refractivity contribution in [2.45, 2.75) is 12.1 Å². The van der Waals surface area contributed by atoms with Crippen molar-refractivity contribution in [1.82, 2.24) is 14.9 Å². The fraction of sp³-hybridized carbons (Fsp3) is 0.0833. The highest BCUT2D eigenvalue weighted by Gasteiger charge is 2.42. The van der Waals surface area contributed by atoms with Crippen molar-refractivity contribution in [2.75, 3.05) is 4.90 Å². The molecule has 5 rings (SSSR count). The third kappa shape index (κ3) is 3.49. The lowest BCUT2D eigenvalue weighted by Gasteiger charge is -2.29. The zero-order chi connectivity index (χ0) is 21.4. The van der Waals surface area contributed by atoms with Crippen molar-refractivity contribution in [3.8, 4) is 17.2 Å². The van der Waals surface area contributed by atoms with Gasteiger partial charge in [0.05, 0.1) is 11.7 Å². The molecule has 3 N–H and O–H groups in total. The Labute approximate surface area is 185 Å². The van der Waals surface area contributed by atoms with Crippen molar-refractivity contribution in [1.29, 1.82) is 0 Å². The van der Waals surface area contributed by atoms with Gasteiger partial charge in [0.2, 0.25) is 0 Å². The van der Waals surface area contributed by atoms with Crippen molar-refractivity contribution in [3.63, 3.8) is 0 Å². The van der Waals surface area contributed by atoms with E-state index in [2.05, 4.69) is 25.8 Å². The summed E-state index contributed by atoms with van der Waals surface area (Å²) >= 11 is 5.74. The maximum Gasteiger partial charge on any atom is 0.174 e. The number of aromatic nitrogens is 2. The number of phenolic OH excluding ortho intramolecular Hbond substituents is 2. The van der Waals surface area contributed by atoms with Crippen molar-refractivity contribution >= 4 is 23.0 Å². The summed E-state index contributed by atoms with van der Waals surface area (Å²) < 4.78 is 2.09. The average molecular weight is 429 g/mol. The second kappa shape index (κ2) is 7.77. The number of anilines is 1. The molecule has 6 nitrogen and oxygen atoms in total. The third-order valence-corrected chi connectivity index (χ3v) is 5.75. The first-order valence-corrected chi connectivity index (χ1v) is 10.3. The molecule has 31 heavy (non-hydrogen) atoms. The maximum absolute atomic E-state index is 9.76. The molecule has 0 radical (unpaired) electrons. The molecule has 0 bridgehead atoms. The molecule has 2 unspecified atom stereocenters. The number of phenols is 2. The molecule has 3 heterocycles. The van der Waals surface area contributed by atoms with Crippen LogP contribution in [0.3, 0.4) is 0 Å². The Morgan fingerprint density at radius 3 is 2.13 bits per heavy atom. The van der Waals surface area contributed by atoms with E-state index in [9.17, 15) is 10.2 Å². The minimum atomic E-state index is -0.184. The minimum absolute atomic E-state index is 0.173. The van der Waals surface area contributed by atoms with Crippen LogP contribution >= 0.6 is 12.2 Å². The smallest absolute Gasteiger partial charge is 0.174 e. The molecule has 4 aromatic rings. The molecule has 1 aliphatic rings. The van der Waals surface area contributed by atoms with Crippen LogP contribution in [0.5, 0.6) is 11.5 Å². The molecule has 1 saturated heterocycles. The third-order valence-electron chi connectivity index (χ3n) is 5.44. The quantitative estimate of drug-likeness (QED) is 0.417. The van der Waals surface area contributed by atoms with E-state index in [-0.39, 0.29) is 23.6 Å². The summed E-state index contributed by atoms with van der Waals surface area (Å²) in [5.74, 6) is 0.422. The predicted molar refractivity (Wildman–Crippen MR) is 123 cm³/mol. The number of benzene rings is 2. The Balaban J connectivity index is 1.66. The Morgan fingerprint density at radius 2 is 1.48 bits per heavy atom. The number of nitrogens with one attached hydrogen (secondary N) is 1. The van der Waals surface area contributed by atoms with E-state index in [0.717, 1.165) is 22.8 Å². The van der Waals surface area contributed by atoms with Gasteiger partial charge in [0.15, 0.2) is 5.11 Å². The van der Waals surface area contributed by atoms with E-state index in [1.54, 1.807) is 30.5 Å². The van der Waals surface area contributed by atoms with Crippen molar-refractivity contribution < 1.29 is 10.2 Å². The molecule has 0 saturated carbocycles. The normalized spacial score (nSPS) is 18.2. The molecule has 1 aliphatic heterocycles. The number of hydrogen-bond acceptors (Lipinski definition) is 4. The molecular formula is C24H20N4O2S. The molecule has 154 valence electrons. The monoisotopic (exact) mass is 428 g/mol. The van der Waals surface area contributed by atoms with E-state index in [1.807, 2.05) is 54.7 Å². The first-order chi connectivity index (χ1) is 15.1. The van der Waals surface area contributed by atoms with Crippen LogP contribution in [0.25, 0.3) is 5.69 Å².